The van der Waals surface area contributed by atoms with Crippen molar-refractivity contribution in [2.24, 2.45) is 0 Å². The number of ether oxygens (including phenoxy) is 1. The Morgan fingerprint density at radius 3 is 2.66 bits per heavy atom. The van der Waals surface area contributed by atoms with Crippen LogP contribution in [-0.2, 0) is 29.2 Å². The molecule has 0 radical (unpaired) electrons. The number of thioether (sulfide) groups is 1. The Bertz CT molecular complexity index is 1020. The van der Waals surface area contributed by atoms with E-state index in [1.165, 1.54) is 16.3 Å². The second-order valence-electron chi connectivity index (χ2n) is 6.72. The first-order valence-electron chi connectivity index (χ1n) is 9.75. The first kappa shape index (κ1) is 21.2. The maximum absolute atomic E-state index is 12.4. The van der Waals surface area contributed by atoms with Crippen LogP contribution in [0.15, 0.2) is 9.59 Å². The van der Waals surface area contributed by atoms with Gasteiger partial charge in [0.2, 0.25) is 0 Å². The molecule has 0 saturated carbocycles. The van der Waals surface area contributed by atoms with Crippen molar-refractivity contribution in [1.29, 1.82) is 0 Å². The number of aryl methyl sites for hydroxylation is 2. The van der Waals surface area contributed by atoms with Crippen molar-refractivity contribution < 1.29 is 14.3 Å². The fraction of sp³-hybridized carbons (Fsp3) is 0.611. The molecule has 0 atom stereocenters. The Morgan fingerprint density at radius 2 is 2.00 bits per heavy atom. The molecule has 0 bridgehead atoms. The molecule has 10 nitrogen and oxygen atoms in total. The highest BCUT2D eigenvalue weighted by atomic mass is 32.2. The summed E-state index contributed by atoms with van der Waals surface area (Å²) >= 11 is 1.25. The summed E-state index contributed by atoms with van der Waals surface area (Å²) in [6.45, 7) is 5.61. The van der Waals surface area contributed by atoms with Crippen molar-refractivity contribution >= 4 is 34.1 Å². The lowest BCUT2D eigenvalue weighted by Gasteiger charge is -2.13. The van der Waals surface area contributed by atoms with E-state index in [2.05, 4.69) is 9.97 Å². The molecule has 29 heavy (non-hydrogen) atoms. The van der Waals surface area contributed by atoms with Gasteiger partial charge >= 0.3 is 11.7 Å². The van der Waals surface area contributed by atoms with Crippen molar-refractivity contribution in [3.8, 4) is 0 Å². The van der Waals surface area contributed by atoms with Crippen LogP contribution in [0.1, 0.15) is 38.9 Å². The number of carbonyl (C=O) groups excluding carboxylic acids is 2. The van der Waals surface area contributed by atoms with E-state index in [4.69, 9.17) is 4.74 Å². The van der Waals surface area contributed by atoms with Gasteiger partial charge in [0.05, 0.1) is 6.42 Å². The number of fused-ring (bicyclic) bond motifs is 1. The molecule has 0 unspecified atom stereocenters. The Labute approximate surface area is 171 Å². The van der Waals surface area contributed by atoms with Gasteiger partial charge in [0.1, 0.15) is 12.4 Å². The number of aromatic nitrogens is 4. The number of esters is 1. The van der Waals surface area contributed by atoms with E-state index < -0.39 is 17.2 Å². The molecule has 1 amide bonds. The highest BCUT2D eigenvalue weighted by molar-refractivity contribution is 8.13. The molecule has 3 rings (SSSR count). The fourth-order valence-corrected chi connectivity index (χ4v) is 4.12. The number of nitrogens with one attached hydrogen (secondary N) is 1. The van der Waals surface area contributed by atoms with E-state index in [1.54, 1.807) is 9.47 Å². The predicted molar refractivity (Wildman–Crippen MR) is 109 cm³/mol. The molecule has 2 aromatic rings. The van der Waals surface area contributed by atoms with Gasteiger partial charge < -0.3 is 14.2 Å². The highest BCUT2D eigenvalue weighted by Crippen LogP contribution is 2.17. The molecule has 0 spiro atoms. The highest BCUT2D eigenvalue weighted by Gasteiger charge is 2.22. The van der Waals surface area contributed by atoms with Crippen LogP contribution in [0.2, 0.25) is 0 Å². The second-order valence-corrected chi connectivity index (χ2v) is 7.77. The molecule has 158 valence electrons. The third-order valence-electron chi connectivity index (χ3n) is 4.81. The van der Waals surface area contributed by atoms with Crippen molar-refractivity contribution in [2.45, 2.75) is 52.8 Å². The molecule has 2 aromatic heterocycles. The van der Waals surface area contributed by atoms with Crippen LogP contribution in [-0.4, -0.2) is 54.1 Å². The van der Waals surface area contributed by atoms with Gasteiger partial charge in [-0.3, -0.25) is 23.9 Å². The van der Waals surface area contributed by atoms with Crippen LogP contribution in [0.3, 0.4) is 0 Å². The molecular formula is C18H25N5O5S. The number of amides is 1. The van der Waals surface area contributed by atoms with E-state index in [0.29, 0.717) is 43.2 Å². The lowest BCUT2D eigenvalue weighted by molar-refractivity contribution is -0.145. The van der Waals surface area contributed by atoms with E-state index >= 15 is 0 Å². The molecule has 0 aromatic carbocycles. The fourth-order valence-electron chi connectivity index (χ4n) is 3.26. The number of aromatic amines is 1. The summed E-state index contributed by atoms with van der Waals surface area (Å²) in [5.74, 6) is 0.703. The van der Waals surface area contributed by atoms with E-state index in [9.17, 15) is 19.2 Å². The zero-order valence-electron chi connectivity index (χ0n) is 16.6. The van der Waals surface area contributed by atoms with Gasteiger partial charge in [-0.1, -0.05) is 25.1 Å². The largest absolute Gasteiger partial charge is 0.457 e. The summed E-state index contributed by atoms with van der Waals surface area (Å²) < 4.78 is 8.43. The van der Waals surface area contributed by atoms with Gasteiger partial charge in [0.15, 0.2) is 11.2 Å². The summed E-state index contributed by atoms with van der Waals surface area (Å²) in [5, 5.41) is -0.0187. The normalized spacial score (nSPS) is 14.1. The second kappa shape index (κ2) is 9.29. The number of carbonyl (C=O) groups is 2. The lowest BCUT2D eigenvalue weighted by Crippen LogP contribution is -2.31. The van der Waals surface area contributed by atoms with Crippen molar-refractivity contribution in [3.63, 3.8) is 0 Å². The van der Waals surface area contributed by atoms with Crippen LogP contribution < -0.4 is 11.2 Å². The number of hydrogen-bond acceptors (Lipinski definition) is 7. The topological polar surface area (TPSA) is 119 Å². The van der Waals surface area contributed by atoms with Gasteiger partial charge in [-0.05, 0) is 13.3 Å². The van der Waals surface area contributed by atoms with E-state index in [1.807, 2.05) is 13.8 Å². The van der Waals surface area contributed by atoms with Crippen LogP contribution in [0.25, 0.3) is 11.2 Å². The number of imidazole rings is 1. The quantitative estimate of drug-likeness (QED) is 0.604. The summed E-state index contributed by atoms with van der Waals surface area (Å²) in [6.07, 6.45) is 1.77. The number of H-pyrrole nitrogens is 1. The molecule has 0 aliphatic carbocycles. The van der Waals surface area contributed by atoms with Crippen LogP contribution in [0.5, 0.6) is 0 Å². The lowest BCUT2D eigenvalue weighted by atomic mass is 10.3. The average molecular weight is 423 g/mol. The molecule has 1 aliphatic rings. The smallest absolute Gasteiger partial charge is 0.330 e. The molecular weight excluding hydrogens is 398 g/mol. The Morgan fingerprint density at radius 1 is 1.21 bits per heavy atom. The number of rotatable bonds is 9. The van der Waals surface area contributed by atoms with Gasteiger partial charge in [-0.15, -0.1) is 0 Å². The van der Waals surface area contributed by atoms with Gasteiger partial charge in [0, 0.05) is 31.9 Å². The zero-order valence-corrected chi connectivity index (χ0v) is 17.4. The Kier molecular flexibility index (Phi) is 6.78. The molecule has 1 saturated heterocycles. The first-order valence-corrected chi connectivity index (χ1v) is 10.7. The summed E-state index contributed by atoms with van der Waals surface area (Å²) in [4.78, 5) is 56.7. The third kappa shape index (κ3) is 4.55. The minimum absolute atomic E-state index is 0.0187. The number of hydrogen-bond donors (Lipinski definition) is 1. The minimum atomic E-state index is -0.505. The first-order chi connectivity index (χ1) is 14.0. The van der Waals surface area contributed by atoms with Crippen molar-refractivity contribution in [3.05, 3.63) is 26.7 Å². The summed E-state index contributed by atoms with van der Waals surface area (Å²) in [7, 11) is 0. The van der Waals surface area contributed by atoms with E-state index in [0.717, 1.165) is 18.6 Å². The molecule has 1 aliphatic heterocycles. The SMILES string of the molecule is CCCCn1c(=O)[nH]c(=O)c2c1nc(COC(=O)CCN1CCSC1=O)n2CC. The van der Waals surface area contributed by atoms with Crippen LogP contribution >= 0.6 is 11.8 Å². The standard InChI is InChI=1S/C18H25N5O5S/c1-3-5-7-23-15-14(16(25)20-17(23)26)22(4-2)12(19-15)11-28-13(24)6-8-21-9-10-29-18(21)27/h3-11H2,1-2H3,(H,20,25,26). The van der Waals surface area contributed by atoms with Crippen LogP contribution in [0, 0.1) is 0 Å². The number of unbranched alkanes of at least 4 members (excludes halogenated alkanes) is 1. The number of nitrogens with zero attached hydrogens (tertiary/aromatic N) is 4. The maximum Gasteiger partial charge on any atom is 0.330 e. The molecule has 3 heterocycles. The average Bonchev–Trinajstić information content (AvgIpc) is 3.27. The predicted octanol–water partition coefficient (Wildman–Crippen LogP) is 1.31. The molecule has 11 heteroatoms. The van der Waals surface area contributed by atoms with Crippen molar-refractivity contribution in [2.75, 3.05) is 18.8 Å². The monoisotopic (exact) mass is 423 g/mol. The van der Waals surface area contributed by atoms with Gasteiger partial charge in [-0.25, -0.2) is 9.78 Å². The Hall–Kier alpha value is -2.56. The minimum Gasteiger partial charge on any atom is -0.457 e. The molecule has 1 N–H and O–H groups in total. The van der Waals surface area contributed by atoms with Gasteiger partial charge in [-0.2, -0.15) is 0 Å². The maximum atomic E-state index is 12.4. The zero-order chi connectivity index (χ0) is 21.0. The van der Waals surface area contributed by atoms with Crippen molar-refractivity contribution in [1.82, 2.24) is 24.0 Å². The summed E-state index contributed by atoms with van der Waals surface area (Å²) in [6, 6.07) is 0. The Balaban J connectivity index is 1.77. The van der Waals surface area contributed by atoms with Gasteiger partial charge in [0.25, 0.3) is 10.8 Å². The van der Waals surface area contributed by atoms with E-state index in [-0.39, 0.29) is 18.3 Å². The third-order valence-corrected chi connectivity index (χ3v) is 5.70. The molecule has 1 fully saturated rings. The van der Waals surface area contributed by atoms with Crippen LogP contribution in [0.4, 0.5) is 4.79 Å². The summed E-state index contributed by atoms with van der Waals surface area (Å²) in [5.41, 5.74) is -0.392.